The zero-order valence-corrected chi connectivity index (χ0v) is 10.1. The van der Waals surface area contributed by atoms with E-state index in [4.69, 9.17) is 5.11 Å². The van der Waals surface area contributed by atoms with Gasteiger partial charge in [-0.1, -0.05) is 0 Å². The molecule has 1 rings (SSSR count). The van der Waals surface area contributed by atoms with E-state index >= 15 is 0 Å². The molecule has 94 valence electrons. The highest BCUT2D eigenvalue weighted by Crippen LogP contribution is 2.19. The molecular weight excluding hydrogens is 249 g/mol. The second-order valence-electron chi connectivity index (χ2n) is 3.62. The molecule has 0 aliphatic carbocycles. The van der Waals surface area contributed by atoms with Crippen LogP contribution in [-0.2, 0) is 14.6 Å². The zero-order valence-electron chi connectivity index (χ0n) is 9.27. The standard InChI is InChI=1S/C10H12FNO4S/c1-6(10(13)14)12-9-4-3-7(5-8(9)11)17(2,15)16/h3-6,12H,1-2H3,(H,13,14). The Labute approximate surface area is 98.2 Å². The summed E-state index contributed by atoms with van der Waals surface area (Å²) in [6.45, 7) is 1.35. The maximum atomic E-state index is 13.5. The third-order valence-electron chi connectivity index (χ3n) is 2.11. The first-order valence-electron chi connectivity index (χ1n) is 4.71. The summed E-state index contributed by atoms with van der Waals surface area (Å²) in [7, 11) is -3.47. The number of nitrogens with one attached hydrogen (secondary N) is 1. The third-order valence-corrected chi connectivity index (χ3v) is 3.22. The number of carbonyl (C=O) groups is 1. The van der Waals surface area contributed by atoms with Crippen LogP contribution in [0.2, 0.25) is 0 Å². The first-order valence-corrected chi connectivity index (χ1v) is 6.60. The molecule has 0 saturated heterocycles. The molecule has 17 heavy (non-hydrogen) atoms. The lowest BCUT2D eigenvalue weighted by atomic mass is 10.2. The number of carboxylic acid groups (broad SMARTS) is 1. The fourth-order valence-electron chi connectivity index (χ4n) is 1.14. The van der Waals surface area contributed by atoms with Crippen molar-refractivity contribution < 1.29 is 22.7 Å². The lowest BCUT2D eigenvalue weighted by Gasteiger charge is -2.12. The Morgan fingerprint density at radius 2 is 2.06 bits per heavy atom. The average molecular weight is 261 g/mol. The number of hydrogen-bond donors (Lipinski definition) is 2. The van der Waals surface area contributed by atoms with Gasteiger partial charge in [0, 0.05) is 6.26 Å². The summed E-state index contributed by atoms with van der Waals surface area (Å²) in [6, 6.07) is 2.31. The van der Waals surface area contributed by atoms with E-state index < -0.39 is 27.7 Å². The number of anilines is 1. The number of hydrogen-bond acceptors (Lipinski definition) is 4. The van der Waals surface area contributed by atoms with Crippen LogP contribution < -0.4 is 5.32 Å². The normalized spacial score (nSPS) is 13.1. The first-order chi connectivity index (χ1) is 7.71. The van der Waals surface area contributed by atoms with Crippen LogP contribution in [0.1, 0.15) is 6.92 Å². The highest BCUT2D eigenvalue weighted by Gasteiger charge is 2.15. The Morgan fingerprint density at radius 3 is 2.47 bits per heavy atom. The number of aliphatic carboxylic acids is 1. The predicted octanol–water partition coefficient (Wildman–Crippen LogP) is 1.11. The van der Waals surface area contributed by atoms with Gasteiger partial charge < -0.3 is 10.4 Å². The first kappa shape index (κ1) is 13.4. The molecule has 0 aliphatic rings. The molecule has 1 aromatic rings. The lowest BCUT2D eigenvalue weighted by molar-refractivity contribution is -0.137. The Kier molecular flexibility index (Phi) is 3.72. The summed E-state index contributed by atoms with van der Waals surface area (Å²) in [5.41, 5.74) is -0.0488. The number of rotatable bonds is 4. The molecule has 0 aliphatic heterocycles. The summed E-state index contributed by atoms with van der Waals surface area (Å²) in [4.78, 5) is 10.4. The van der Waals surface area contributed by atoms with Crippen LogP contribution in [0.25, 0.3) is 0 Å². The van der Waals surface area contributed by atoms with Gasteiger partial charge in [-0.25, -0.2) is 12.8 Å². The largest absolute Gasteiger partial charge is 0.480 e. The number of benzene rings is 1. The Balaban J connectivity index is 3.03. The molecule has 0 bridgehead atoms. The van der Waals surface area contributed by atoms with Crippen LogP contribution >= 0.6 is 0 Å². The van der Waals surface area contributed by atoms with Gasteiger partial charge in [0.05, 0.1) is 10.6 Å². The molecule has 0 amide bonds. The van der Waals surface area contributed by atoms with Crippen LogP contribution in [0.5, 0.6) is 0 Å². The van der Waals surface area contributed by atoms with E-state index in [0.29, 0.717) is 0 Å². The molecule has 0 spiro atoms. The van der Waals surface area contributed by atoms with E-state index in [2.05, 4.69) is 5.32 Å². The molecule has 0 saturated carbocycles. The van der Waals surface area contributed by atoms with Crippen LogP contribution in [0, 0.1) is 5.82 Å². The van der Waals surface area contributed by atoms with Crippen molar-refractivity contribution in [3.8, 4) is 0 Å². The van der Waals surface area contributed by atoms with Crippen LogP contribution in [0.15, 0.2) is 23.1 Å². The minimum Gasteiger partial charge on any atom is -0.480 e. The molecule has 1 atom stereocenters. The predicted molar refractivity (Wildman–Crippen MR) is 60.2 cm³/mol. The van der Waals surface area contributed by atoms with E-state index in [0.717, 1.165) is 12.3 Å². The quantitative estimate of drug-likeness (QED) is 0.848. The minimum atomic E-state index is -3.47. The minimum absolute atomic E-state index is 0.0488. The van der Waals surface area contributed by atoms with Crippen LogP contribution in [-0.4, -0.2) is 31.8 Å². The molecule has 7 heteroatoms. The van der Waals surface area contributed by atoms with Crippen molar-refractivity contribution in [1.82, 2.24) is 0 Å². The maximum absolute atomic E-state index is 13.5. The fraction of sp³-hybridized carbons (Fsp3) is 0.300. The average Bonchev–Trinajstić information content (AvgIpc) is 2.19. The van der Waals surface area contributed by atoms with Crippen molar-refractivity contribution in [3.63, 3.8) is 0 Å². The van der Waals surface area contributed by atoms with Gasteiger partial charge >= 0.3 is 5.97 Å². The van der Waals surface area contributed by atoms with Crippen LogP contribution in [0.3, 0.4) is 0 Å². The monoisotopic (exact) mass is 261 g/mol. The second kappa shape index (κ2) is 4.70. The summed E-state index contributed by atoms with van der Waals surface area (Å²) in [5, 5.41) is 11.1. The van der Waals surface area contributed by atoms with Gasteiger partial charge in [-0.15, -0.1) is 0 Å². The van der Waals surface area contributed by atoms with E-state index in [1.165, 1.54) is 19.1 Å². The smallest absolute Gasteiger partial charge is 0.325 e. The topological polar surface area (TPSA) is 83.5 Å². The second-order valence-corrected chi connectivity index (χ2v) is 5.63. The summed E-state index contributed by atoms with van der Waals surface area (Å²) in [5.74, 6) is -1.93. The van der Waals surface area contributed by atoms with Crippen molar-refractivity contribution in [3.05, 3.63) is 24.0 Å². The zero-order chi connectivity index (χ0) is 13.2. The molecule has 0 radical (unpaired) electrons. The lowest BCUT2D eigenvalue weighted by Crippen LogP contribution is -2.25. The van der Waals surface area contributed by atoms with Crippen molar-refractivity contribution in [1.29, 1.82) is 0 Å². The van der Waals surface area contributed by atoms with Gasteiger partial charge in [-0.2, -0.15) is 0 Å². The fourth-order valence-corrected chi connectivity index (χ4v) is 1.77. The van der Waals surface area contributed by atoms with Gasteiger partial charge in [0.1, 0.15) is 11.9 Å². The van der Waals surface area contributed by atoms with Crippen molar-refractivity contribution in [2.45, 2.75) is 17.9 Å². The molecule has 5 nitrogen and oxygen atoms in total. The Bertz CT molecular complexity index is 541. The number of sulfone groups is 1. The number of carboxylic acids is 1. The molecule has 1 aromatic carbocycles. The van der Waals surface area contributed by atoms with E-state index in [9.17, 15) is 17.6 Å². The Morgan fingerprint density at radius 1 is 1.47 bits per heavy atom. The maximum Gasteiger partial charge on any atom is 0.325 e. The van der Waals surface area contributed by atoms with Crippen molar-refractivity contribution >= 4 is 21.5 Å². The van der Waals surface area contributed by atoms with Gasteiger partial charge in [-0.05, 0) is 25.1 Å². The van der Waals surface area contributed by atoms with Gasteiger partial charge in [0.25, 0.3) is 0 Å². The third kappa shape index (κ3) is 3.42. The van der Waals surface area contributed by atoms with E-state index in [1.807, 2.05) is 0 Å². The van der Waals surface area contributed by atoms with Gasteiger partial charge in [-0.3, -0.25) is 4.79 Å². The highest BCUT2D eigenvalue weighted by atomic mass is 32.2. The Hall–Kier alpha value is -1.63. The van der Waals surface area contributed by atoms with Gasteiger partial charge in [0.15, 0.2) is 9.84 Å². The molecular formula is C10H12FNO4S. The van der Waals surface area contributed by atoms with Gasteiger partial charge in [0.2, 0.25) is 0 Å². The highest BCUT2D eigenvalue weighted by molar-refractivity contribution is 7.90. The SMILES string of the molecule is CC(Nc1ccc(S(C)(=O)=O)cc1F)C(=O)O. The summed E-state index contributed by atoms with van der Waals surface area (Å²) in [6.07, 6.45) is 0.967. The molecule has 1 unspecified atom stereocenters. The number of halogens is 1. The summed E-state index contributed by atoms with van der Waals surface area (Å²) < 4.78 is 35.8. The van der Waals surface area contributed by atoms with E-state index in [1.54, 1.807) is 0 Å². The molecule has 0 aromatic heterocycles. The van der Waals surface area contributed by atoms with Crippen LogP contribution in [0.4, 0.5) is 10.1 Å². The van der Waals surface area contributed by atoms with Crippen molar-refractivity contribution in [2.24, 2.45) is 0 Å². The molecule has 2 N–H and O–H groups in total. The molecule has 0 heterocycles. The molecule has 0 fully saturated rings. The van der Waals surface area contributed by atoms with Crippen molar-refractivity contribution in [2.75, 3.05) is 11.6 Å². The summed E-state index contributed by atoms with van der Waals surface area (Å²) >= 11 is 0. The van der Waals surface area contributed by atoms with E-state index in [-0.39, 0.29) is 10.6 Å².